The van der Waals surface area contributed by atoms with Gasteiger partial charge in [0, 0.05) is 25.4 Å². The lowest BCUT2D eigenvalue weighted by atomic mass is 10.1. The Morgan fingerprint density at radius 2 is 1.96 bits per heavy atom. The van der Waals surface area contributed by atoms with E-state index in [1.54, 1.807) is 13.3 Å². The minimum atomic E-state index is -0.484. The fourth-order valence-corrected chi connectivity index (χ4v) is 2.31. The molecule has 0 radical (unpaired) electrons. The second-order valence-corrected chi connectivity index (χ2v) is 5.55. The molecule has 0 saturated carbocycles. The number of rotatable bonds is 8. The summed E-state index contributed by atoms with van der Waals surface area (Å²) in [5.74, 6) is 1.31. The van der Waals surface area contributed by atoms with Gasteiger partial charge in [-0.1, -0.05) is 36.4 Å². The van der Waals surface area contributed by atoms with Crippen LogP contribution in [-0.4, -0.2) is 36.2 Å². The molecule has 1 aromatic carbocycles. The molecule has 2 aromatic rings. The molecule has 1 unspecified atom stereocenters. The van der Waals surface area contributed by atoms with E-state index < -0.39 is 6.10 Å². The van der Waals surface area contributed by atoms with Gasteiger partial charge >= 0.3 is 0 Å². The van der Waals surface area contributed by atoms with Crippen molar-refractivity contribution in [1.29, 1.82) is 0 Å². The van der Waals surface area contributed by atoms with Crippen molar-refractivity contribution in [3.8, 4) is 5.88 Å². The van der Waals surface area contributed by atoms with Crippen molar-refractivity contribution in [3.63, 3.8) is 0 Å². The zero-order valence-corrected chi connectivity index (χ0v) is 17.5. The molecule has 0 bridgehead atoms. The van der Waals surface area contributed by atoms with Crippen molar-refractivity contribution in [1.82, 2.24) is 15.6 Å². The van der Waals surface area contributed by atoms with Gasteiger partial charge in [0.15, 0.2) is 5.96 Å². The van der Waals surface area contributed by atoms with Crippen LogP contribution in [0, 0.1) is 0 Å². The monoisotopic (exact) mass is 470 g/mol. The third-order valence-electron chi connectivity index (χ3n) is 3.67. The summed E-state index contributed by atoms with van der Waals surface area (Å²) in [6.45, 7) is 3.94. The molecule has 0 aliphatic heterocycles. The average molecular weight is 470 g/mol. The van der Waals surface area contributed by atoms with Gasteiger partial charge < -0.3 is 20.5 Å². The maximum absolute atomic E-state index is 10.2. The summed E-state index contributed by atoms with van der Waals surface area (Å²) in [5, 5.41) is 16.6. The molecule has 0 fully saturated rings. The van der Waals surface area contributed by atoms with Crippen LogP contribution in [-0.2, 0) is 6.54 Å². The number of methoxy groups -OCH3 is 1. The number of pyridine rings is 1. The number of aliphatic imine (C=N–C) groups is 1. The van der Waals surface area contributed by atoms with Crippen LogP contribution in [0.3, 0.4) is 0 Å². The van der Waals surface area contributed by atoms with Gasteiger partial charge in [0.05, 0.1) is 19.8 Å². The van der Waals surface area contributed by atoms with Crippen LogP contribution in [0.4, 0.5) is 0 Å². The summed E-state index contributed by atoms with van der Waals surface area (Å²) in [4.78, 5) is 8.72. The van der Waals surface area contributed by atoms with Gasteiger partial charge in [0.1, 0.15) is 0 Å². The second kappa shape index (κ2) is 12.5. The van der Waals surface area contributed by atoms with Crippen LogP contribution in [0.15, 0.2) is 53.7 Å². The number of benzene rings is 1. The Hall–Kier alpha value is -1.87. The van der Waals surface area contributed by atoms with Crippen LogP contribution < -0.4 is 15.4 Å². The summed E-state index contributed by atoms with van der Waals surface area (Å²) < 4.78 is 5.05. The Balaban J connectivity index is 0.00000338. The Morgan fingerprint density at radius 1 is 1.19 bits per heavy atom. The molecule has 0 spiro atoms. The number of aliphatic hydroxyl groups is 1. The highest BCUT2D eigenvalue weighted by Crippen LogP contribution is 2.14. The van der Waals surface area contributed by atoms with Crippen LogP contribution in [0.1, 0.15) is 30.6 Å². The van der Waals surface area contributed by atoms with Crippen molar-refractivity contribution >= 4 is 29.9 Å². The molecule has 3 N–H and O–H groups in total. The lowest BCUT2D eigenvalue weighted by molar-refractivity contribution is 0.168. The first-order valence-electron chi connectivity index (χ1n) is 8.47. The van der Waals surface area contributed by atoms with E-state index in [1.165, 1.54) is 0 Å². The van der Waals surface area contributed by atoms with Crippen LogP contribution in [0.2, 0.25) is 0 Å². The Bertz CT molecular complexity index is 650. The minimum absolute atomic E-state index is 0. The predicted octanol–water partition coefficient (Wildman–Crippen LogP) is 2.89. The smallest absolute Gasteiger partial charge is 0.212 e. The number of guanidine groups is 1. The van der Waals surface area contributed by atoms with E-state index in [4.69, 9.17) is 4.74 Å². The first-order chi connectivity index (χ1) is 12.2. The fourth-order valence-electron chi connectivity index (χ4n) is 2.31. The number of aliphatic hydroxyl groups excluding tert-OH is 1. The average Bonchev–Trinajstić information content (AvgIpc) is 2.67. The van der Waals surface area contributed by atoms with Gasteiger partial charge in [-0.25, -0.2) is 9.98 Å². The highest BCUT2D eigenvalue weighted by atomic mass is 127. The highest BCUT2D eigenvalue weighted by Gasteiger charge is 2.07. The van der Waals surface area contributed by atoms with Gasteiger partial charge in [0.2, 0.25) is 5.88 Å². The van der Waals surface area contributed by atoms with Crippen molar-refractivity contribution in [3.05, 3.63) is 59.8 Å². The molecule has 2 rings (SSSR count). The summed E-state index contributed by atoms with van der Waals surface area (Å²) in [7, 11) is 1.59. The quantitative estimate of drug-likeness (QED) is 0.314. The van der Waals surface area contributed by atoms with E-state index in [0.29, 0.717) is 25.4 Å². The Kier molecular flexibility index (Phi) is 10.6. The molecular weight excluding hydrogens is 443 g/mol. The predicted molar refractivity (Wildman–Crippen MR) is 115 cm³/mol. The van der Waals surface area contributed by atoms with Crippen molar-refractivity contribution in [2.45, 2.75) is 26.0 Å². The first kappa shape index (κ1) is 22.2. The lowest BCUT2D eigenvalue weighted by Gasteiger charge is -2.14. The molecule has 1 aromatic heterocycles. The number of halogens is 1. The topological polar surface area (TPSA) is 78.8 Å². The van der Waals surface area contributed by atoms with Crippen LogP contribution >= 0.6 is 24.0 Å². The molecule has 0 aliphatic rings. The minimum Gasteiger partial charge on any atom is -0.481 e. The third kappa shape index (κ3) is 7.57. The lowest BCUT2D eigenvalue weighted by Crippen LogP contribution is -2.38. The normalized spacial score (nSPS) is 12.0. The highest BCUT2D eigenvalue weighted by molar-refractivity contribution is 14.0. The van der Waals surface area contributed by atoms with E-state index in [0.717, 1.165) is 23.6 Å². The van der Waals surface area contributed by atoms with Crippen LogP contribution in [0.25, 0.3) is 0 Å². The first-order valence-corrected chi connectivity index (χ1v) is 8.47. The summed E-state index contributed by atoms with van der Waals surface area (Å²) in [6.07, 6.45) is 1.88. The van der Waals surface area contributed by atoms with Crippen molar-refractivity contribution in [2.24, 2.45) is 4.99 Å². The van der Waals surface area contributed by atoms with Gasteiger partial charge in [-0.3, -0.25) is 0 Å². The number of nitrogens with zero attached hydrogens (tertiary/aromatic N) is 2. The van der Waals surface area contributed by atoms with Gasteiger partial charge in [-0.2, -0.15) is 0 Å². The molecule has 0 saturated heterocycles. The molecule has 6 nitrogen and oxygen atoms in total. The van der Waals surface area contributed by atoms with Crippen molar-refractivity contribution in [2.75, 3.05) is 20.2 Å². The molecule has 26 heavy (non-hydrogen) atoms. The Morgan fingerprint density at radius 3 is 2.58 bits per heavy atom. The number of nitrogens with one attached hydrogen (secondary N) is 2. The standard InChI is InChI=1S/C19H26N4O2.HI/c1-3-20-19(23-14-15-9-10-18(25-2)22-13-15)21-12-11-17(24)16-7-5-4-6-8-16;/h4-10,13,17,24H,3,11-12,14H2,1-2H3,(H2,20,21,23);1H. The molecule has 0 aliphatic carbocycles. The number of hydrogen-bond donors (Lipinski definition) is 3. The van der Waals surface area contributed by atoms with Gasteiger partial charge in [0.25, 0.3) is 0 Å². The number of hydrogen-bond acceptors (Lipinski definition) is 4. The molecule has 7 heteroatoms. The van der Waals surface area contributed by atoms with Crippen LogP contribution in [0.5, 0.6) is 5.88 Å². The molecule has 142 valence electrons. The summed E-state index contributed by atoms with van der Waals surface area (Å²) >= 11 is 0. The maximum Gasteiger partial charge on any atom is 0.212 e. The Labute approximate surface area is 172 Å². The van der Waals surface area contributed by atoms with E-state index in [9.17, 15) is 5.11 Å². The SMILES string of the molecule is CCNC(=NCc1ccc(OC)nc1)NCCC(O)c1ccccc1.I. The third-order valence-corrected chi connectivity index (χ3v) is 3.67. The molecule has 1 heterocycles. The van der Waals surface area contributed by atoms with E-state index in [1.807, 2.05) is 49.4 Å². The molecule has 1 atom stereocenters. The number of ether oxygens (including phenoxy) is 1. The zero-order valence-electron chi connectivity index (χ0n) is 15.2. The largest absolute Gasteiger partial charge is 0.481 e. The van der Waals surface area contributed by atoms with E-state index in [-0.39, 0.29) is 24.0 Å². The number of aromatic nitrogens is 1. The van der Waals surface area contributed by atoms with E-state index in [2.05, 4.69) is 20.6 Å². The maximum atomic E-state index is 10.2. The van der Waals surface area contributed by atoms with Gasteiger partial charge in [-0.15, -0.1) is 24.0 Å². The second-order valence-electron chi connectivity index (χ2n) is 5.55. The molecular formula is C19H27IN4O2. The molecule has 0 amide bonds. The van der Waals surface area contributed by atoms with E-state index >= 15 is 0 Å². The fraction of sp³-hybridized carbons (Fsp3) is 0.368. The van der Waals surface area contributed by atoms with Gasteiger partial charge in [-0.05, 0) is 24.5 Å². The zero-order chi connectivity index (χ0) is 17.9. The summed E-state index contributed by atoms with van der Waals surface area (Å²) in [5.41, 5.74) is 1.93. The summed E-state index contributed by atoms with van der Waals surface area (Å²) in [6, 6.07) is 13.4. The van der Waals surface area contributed by atoms with Crippen molar-refractivity contribution < 1.29 is 9.84 Å².